The van der Waals surface area contributed by atoms with Crippen LogP contribution in [0.15, 0.2) is 53.3 Å². The van der Waals surface area contributed by atoms with E-state index in [2.05, 4.69) is 5.32 Å². The molecule has 11 aliphatic rings. The number of carbonyl (C=O) groups excluding carboxylic acids is 2. The molecule has 4 saturated carbocycles. The van der Waals surface area contributed by atoms with Crippen molar-refractivity contribution in [3.63, 3.8) is 0 Å². The van der Waals surface area contributed by atoms with Crippen molar-refractivity contribution >= 4 is 28.2 Å². The van der Waals surface area contributed by atoms with Gasteiger partial charge in [0.15, 0.2) is 17.5 Å². The van der Waals surface area contributed by atoms with Gasteiger partial charge in [0, 0.05) is 40.1 Å². The molecule has 5 fully saturated rings. The lowest BCUT2D eigenvalue weighted by molar-refractivity contribution is -0.368. The molecular formula is C51H56N2O10. The van der Waals surface area contributed by atoms with Gasteiger partial charge in [-0.05, 0) is 153 Å². The highest BCUT2D eigenvalue weighted by Gasteiger charge is 2.76. The summed E-state index contributed by atoms with van der Waals surface area (Å²) in [5, 5.41) is 80.1. The van der Waals surface area contributed by atoms with Crippen LogP contribution in [0.2, 0.25) is 0 Å². The van der Waals surface area contributed by atoms with E-state index >= 15 is 0 Å². The first-order valence-electron chi connectivity index (χ1n) is 23.6. The number of pyridine rings is 1. The molecule has 1 saturated heterocycles. The maximum Gasteiger partial charge on any atom is 0.260 e. The zero-order chi connectivity index (χ0) is 43.2. The van der Waals surface area contributed by atoms with Crippen LogP contribution in [0.25, 0.3) is 10.8 Å². The number of hydrogen-bond donors (Lipinski definition) is 7. The van der Waals surface area contributed by atoms with Crippen LogP contribution < -0.4 is 10.1 Å². The van der Waals surface area contributed by atoms with Crippen molar-refractivity contribution < 1.29 is 49.7 Å². The molecule has 0 amide bonds. The highest BCUT2D eigenvalue weighted by atomic mass is 16.7. The van der Waals surface area contributed by atoms with Crippen LogP contribution in [0.1, 0.15) is 140 Å². The fraction of sp³-hybridized carbons (Fsp3) is 0.588. The molecule has 12 nitrogen and oxygen atoms in total. The maximum absolute atomic E-state index is 14.9. The fourth-order valence-corrected chi connectivity index (χ4v) is 16.4. The summed E-state index contributed by atoms with van der Waals surface area (Å²) >= 11 is 0. The van der Waals surface area contributed by atoms with Crippen molar-refractivity contribution in [1.82, 2.24) is 4.98 Å². The summed E-state index contributed by atoms with van der Waals surface area (Å²) in [6.07, 6.45) is 9.84. The van der Waals surface area contributed by atoms with Crippen LogP contribution in [0.3, 0.4) is 0 Å². The number of aromatic hydroxyl groups is 1. The van der Waals surface area contributed by atoms with E-state index in [9.17, 15) is 40.2 Å². The van der Waals surface area contributed by atoms with Gasteiger partial charge in [0.1, 0.15) is 29.5 Å². The molecule has 5 heterocycles. The standard InChI is InChI=1S/C51H56N2O10/c1-25-16-30-35(32(54)17-25)40(57)37-33-18-29-28(36(37)39(30)56)8-15-52-44(29)53-22-34(55)49-24-47(11-4-5-12-47)20-27(49)7-6-26-19-50(62-33)42(59)41(58)43(60)51(63-50)38(26)31(49)21-48(45(51)61)14-13-46(23-48)9-2-3-10-46/h8,15-19,27,34,41-43,45,54-55,58-61H,2-7,9-14,20-24H2,1H3,(H,52,53)/t27-,34-,41-,42-,43+,45-,48-,49+,50-,51+/m1/s1. The highest BCUT2D eigenvalue weighted by Crippen LogP contribution is 2.74. The van der Waals surface area contributed by atoms with E-state index in [-0.39, 0.29) is 57.0 Å². The molecule has 63 heavy (non-hydrogen) atoms. The van der Waals surface area contributed by atoms with Crippen LogP contribution in [0.4, 0.5) is 5.82 Å². The molecule has 12 heteroatoms. The number of aliphatic hydroxyl groups excluding tert-OH is 5. The monoisotopic (exact) mass is 856 g/mol. The van der Waals surface area contributed by atoms with Crippen LogP contribution in [-0.4, -0.2) is 95.6 Å². The Balaban J connectivity index is 1.12. The lowest BCUT2D eigenvalue weighted by atomic mass is 9.51. The number of rotatable bonds is 0. The van der Waals surface area contributed by atoms with Crippen LogP contribution in [0.5, 0.6) is 11.5 Å². The third-order valence-electron chi connectivity index (χ3n) is 18.9. The largest absolute Gasteiger partial charge is 0.507 e. The van der Waals surface area contributed by atoms with Gasteiger partial charge in [-0.15, -0.1) is 0 Å². The van der Waals surface area contributed by atoms with Crippen molar-refractivity contribution in [2.45, 2.75) is 152 Å². The molecule has 10 atom stereocenters. The van der Waals surface area contributed by atoms with Crippen molar-refractivity contribution in [3.05, 3.63) is 81.1 Å². The number of aromatic nitrogens is 1. The Morgan fingerprint density at radius 2 is 1.59 bits per heavy atom. The van der Waals surface area contributed by atoms with Gasteiger partial charge in [-0.1, -0.05) is 31.3 Å². The molecule has 0 unspecified atom stereocenters. The normalized spacial score (nSPS) is 40.0. The van der Waals surface area contributed by atoms with Gasteiger partial charge >= 0.3 is 0 Å². The number of ketones is 2. The van der Waals surface area contributed by atoms with E-state index in [1.165, 1.54) is 6.07 Å². The topological polar surface area (TPSA) is 199 Å². The number of aliphatic hydroxyl groups is 5. The van der Waals surface area contributed by atoms with Crippen molar-refractivity contribution in [2.75, 3.05) is 11.9 Å². The van der Waals surface area contributed by atoms with Gasteiger partial charge in [0.05, 0.1) is 23.3 Å². The zero-order valence-corrected chi connectivity index (χ0v) is 35.7. The molecule has 8 bridgehead atoms. The van der Waals surface area contributed by atoms with Gasteiger partial charge in [0.2, 0.25) is 5.78 Å². The number of benzene rings is 2. The average molecular weight is 857 g/mol. The van der Waals surface area contributed by atoms with Gasteiger partial charge in [-0.25, -0.2) is 4.98 Å². The molecule has 3 aromatic rings. The summed E-state index contributed by atoms with van der Waals surface area (Å²) in [4.78, 5) is 34.5. The Morgan fingerprint density at radius 1 is 0.825 bits per heavy atom. The summed E-state index contributed by atoms with van der Waals surface area (Å²) in [6, 6.07) is 6.25. The first-order valence-corrected chi connectivity index (χ1v) is 23.6. The van der Waals surface area contributed by atoms with E-state index < -0.39 is 64.3 Å². The van der Waals surface area contributed by atoms with Crippen LogP contribution >= 0.6 is 0 Å². The molecule has 1 aromatic heterocycles. The number of nitrogens with zero attached hydrogens (tertiary/aromatic N) is 1. The quantitative estimate of drug-likeness (QED) is 0.106. The second kappa shape index (κ2) is 12.6. The molecule has 7 N–H and O–H groups in total. The lowest BCUT2D eigenvalue weighted by Gasteiger charge is -2.64. The number of fused-ring (bicyclic) bond motifs is 5. The second-order valence-electron chi connectivity index (χ2n) is 22.0. The molecule has 2 aromatic carbocycles. The predicted molar refractivity (Wildman–Crippen MR) is 229 cm³/mol. The van der Waals surface area contributed by atoms with E-state index in [0.29, 0.717) is 59.8 Å². The van der Waals surface area contributed by atoms with E-state index in [1.807, 2.05) is 0 Å². The molecule has 6 spiro atoms. The Hall–Kier alpha value is -4.17. The lowest BCUT2D eigenvalue weighted by Crippen LogP contribution is -2.79. The number of anilines is 1. The Labute approximate surface area is 365 Å². The fourth-order valence-electron chi connectivity index (χ4n) is 16.4. The molecule has 7 aliphatic carbocycles. The Morgan fingerprint density at radius 3 is 2.37 bits per heavy atom. The van der Waals surface area contributed by atoms with Crippen molar-refractivity contribution in [2.24, 2.45) is 27.6 Å². The van der Waals surface area contributed by atoms with Crippen molar-refractivity contribution in [1.29, 1.82) is 0 Å². The Bertz CT molecular complexity index is 2660. The number of phenolic OH excluding ortho intramolecular Hbond substituents is 1. The summed E-state index contributed by atoms with van der Waals surface area (Å²) in [6.45, 7) is 1.83. The molecule has 4 aliphatic heterocycles. The van der Waals surface area contributed by atoms with E-state index in [1.54, 1.807) is 37.4 Å². The Kier molecular flexibility index (Phi) is 7.83. The summed E-state index contributed by atoms with van der Waals surface area (Å²) in [5.74, 6) is -3.57. The highest BCUT2D eigenvalue weighted by molar-refractivity contribution is 6.34. The minimum atomic E-state index is -2.27. The molecule has 330 valence electrons. The SMILES string of the molecule is Cc1cc(O)c2c(c1)C(=O)c1c(c3cc4c(nccc14)NC[C@@H](O)[C@@]14CC5(CCCC5)C[C@H]1CCC1=C[C@@]5(O3)O[C@@]3(C1=C4C[C@@]1(CCC4(CCCC4)C1)[C@H]3O)[C@@H](O)[C@H](O)[C@H]5O)C2=O. The first kappa shape index (κ1) is 39.2. The molecule has 0 radical (unpaired) electrons. The molecule has 14 rings (SSSR count). The van der Waals surface area contributed by atoms with E-state index in [0.717, 1.165) is 81.8 Å². The predicted octanol–water partition coefficient (Wildman–Crippen LogP) is 6.22. The number of nitrogens with one attached hydrogen (secondary N) is 1. The number of hydrogen-bond acceptors (Lipinski definition) is 12. The summed E-state index contributed by atoms with van der Waals surface area (Å²) < 4.78 is 14.4. The second-order valence-corrected chi connectivity index (χ2v) is 22.0. The summed E-state index contributed by atoms with van der Waals surface area (Å²) in [5.41, 5.74) is -0.837. The third-order valence-corrected chi connectivity index (χ3v) is 18.9. The third kappa shape index (κ3) is 4.75. The number of ether oxygens (including phenoxy) is 2. The van der Waals surface area contributed by atoms with E-state index in [4.69, 9.17) is 14.5 Å². The van der Waals surface area contributed by atoms with Crippen LogP contribution in [-0.2, 0) is 4.74 Å². The average Bonchev–Trinajstić information content (AvgIpc) is 4.06. The maximum atomic E-state index is 14.9. The zero-order valence-electron chi connectivity index (χ0n) is 35.7. The number of aryl methyl sites for hydroxylation is 1. The van der Waals surface area contributed by atoms with Crippen LogP contribution in [0, 0.1) is 34.5 Å². The van der Waals surface area contributed by atoms with Gasteiger partial charge < -0.3 is 45.4 Å². The minimum Gasteiger partial charge on any atom is -0.507 e. The first-order chi connectivity index (χ1) is 30.2. The van der Waals surface area contributed by atoms with Gasteiger partial charge in [-0.3, -0.25) is 9.59 Å². The molecular weight excluding hydrogens is 801 g/mol. The van der Waals surface area contributed by atoms with Gasteiger partial charge in [-0.2, -0.15) is 0 Å². The minimum absolute atomic E-state index is 0.0200. The number of carbonyl (C=O) groups is 2. The number of phenols is 1. The smallest absolute Gasteiger partial charge is 0.260 e. The van der Waals surface area contributed by atoms with Crippen molar-refractivity contribution in [3.8, 4) is 11.5 Å². The van der Waals surface area contributed by atoms with Gasteiger partial charge in [0.25, 0.3) is 5.79 Å². The summed E-state index contributed by atoms with van der Waals surface area (Å²) in [7, 11) is 0.